The first-order valence-corrected chi connectivity index (χ1v) is 7.10. The third-order valence-electron chi connectivity index (χ3n) is 3.16. The predicted molar refractivity (Wildman–Crippen MR) is 75.6 cm³/mol. The lowest BCUT2D eigenvalue weighted by atomic mass is 10.0. The predicted octanol–water partition coefficient (Wildman–Crippen LogP) is 3.95. The van der Waals surface area contributed by atoms with E-state index in [0.717, 1.165) is 18.4 Å². The molecule has 96 valence electrons. The van der Waals surface area contributed by atoms with Crippen molar-refractivity contribution >= 4 is 11.3 Å². The van der Waals surface area contributed by atoms with Crippen LogP contribution in [0.25, 0.3) is 0 Å². The molecule has 1 aromatic carbocycles. The Morgan fingerprint density at radius 1 is 1.33 bits per heavy atom. The van der Waals surface area contributed by atoms with Gasteiger partial charge in [-0.2, -0.15) is 0 Å². The first-order valence-electron chi connectivity index (χ1n) is 6.22. The molecule has 2 rings (SSSR count). The molecule has 1 unspecified atom stereocenters. The molecule has 1 atom stereocenters. The molecule has 0 aliphatic heterocycles. The number of benzene rings is 1. The molecule has 18 heavy (non-hydrogen) atoms. The molecule has 0 saturated heterocycles. The molecule has 3 heteroatoms. The van der Waals surface area contributed by atoms with E-state index in [1.807, 2.05) is 13.1 Å². The van der Waals surface area contributed by atoms with Crippen LogP contribution in [0.5, 0.6) is 0 Å². The minimum atomic E-state index is -0.163. The largest absolute Gasteiger partial charge is 0.312 e. The van der Waals surface area contributed by atoms with E-state index in [1.54, 1.807) is 23.5 Å². The fraction of sp³-hybridized carbons (Fsp3) is 0.333. The molecule has 0 bridgehead atoms. The van der Waals surface area contributed by atoms with E-state index >= 15 is 0 Å². The Kier molecular flexibility index (Phi) is 4.50. The second-order valence-electron chi connectivity index (χ2n) is 4.34. The van der Waals surface area contributed by atoms with Crippen LogP contribution in [0.1, 0.15) is 29.0 Å². The summed E-state index contributed by atoms with van der Waals surface area (Å²) in [6.07, 6.45) is 1.86. The lowest BCUT2D eigenvalue weighted by Gasteiger charge is -2.16. The lowest BCUT2D eigenvalue weighted by molar-refractivity contribution is 0.588. The standard InChI is InChI=1S/C15H18FNS/c1-3-12-7-8-18-15(12)14(17-2)10-11-5-4-6-13(16)9-11/h4-9,14,17H,3,10H2,1-2H3. The molecule has 1 heterocycles. The highest BCUT2D eigenvalue weighted by Crippen LogP contribution is 2.27. The van der Waals surface area contributed by atoms with Gasteiger partial charge in [0.05, 0.1) is 0 Å². The van der Waals surface area contributed by atoms with E-state index in [1.165, 1.54) is 16.5 Å². The zero-order valence-electron chi connectivity index (χ0n) is 10.7. The van der Waals surface area contributed by atoms with E-state index < -0.39 is 0 Å². The van der Waals surface area contributed by atoms with Gasteiger partial charge in [-0.3, -0.25) is 0 Å². The van der Waals surface area contributed by atoms with Gasteiger partial charge in [-0.05, 0) is 54.6 Å². The van der Waals surface area contributed by atoms with Gasteiger partial charge in [0.2, 0.25) is 0 Å². The van der Waals surface area contributed by atoms with Crippen LogP contribution < -0.4 is 5.32 Å². The number of hydrogen-bond donors (Lipinski definition) is 1. The van der Waals surface area contributed by atoms with Crippen LogP contribution in [0.4, 0.5) is 4.39 Å². The van der Waals surface area contributed by atoms with Crippen molar-refractivity contribution in [3.63, 3.8) is 0 Å². The van der Waals surface area contributed by atoms with Crippen molar-refractivity contribution in [2.24, 2.45) is 0 Å². The monoisotopic (exact) mass is 263 g/mol. The van der Waals surface area contributed by atoms with Gasteiger partial charge in [0.15, 0.2) is 0 Å². The molecule has 0 aliphatic carbocycles. The van der Waals surface area contributed by atoms with Crippen molar-refractivity contribution in [3.8, 4) is 0 Å². The van der Waals surface area contributed by atoms with Crippen LogP contribution in [-0.4, -0.2) is 7.05 Å². The van der Waals surface area contributed by atoms with Gasteiger partial charge in [0, 0.05) is 10.9 Å². The molecule has 0 fully saturated rings. The Balaban J connectivity index is 2.20. The molecular formula is C15H18FNS. The van der Waals surface area contributed by atoms with Crippen LogP contribution in [-0.2, 0) is 12.8 Å². The summed E-state index contributed by atoms with van der Waals surface area (Å²) < 4.78 is 13.2. The van der Waals surface area contributed by atoms with E-state index in [-0.39, 0.29) is 11.9 Å². The summed E-state index contributed by atoms with van der Waals surface area (Å²) in [5.41, 5.74) is 2.42. The van der Waals surface area contributed by atoms with Gasteiger partial charge in [-0.1, -0.05) is 19.1 Å². The molecule has 0 radical (unpaired) electrons. The molecular weight excluding hydrogens is 245 g/mol. The zero-order valence-corrected chi connectivity index (χ0v) is 11.6. The zero-order chi connectivity index (χ0) is 13.0. The van der Waals surface area contributed by atoms with Crippen LogP contribution >= 0.6 is 11.3 Å². The Morgan fingerprint density at radius 3 is 2.83 bits per heavy atom. The van der Waals surface area contributed by atoms with Crippen molar-refractivity contribution < 1.29 is 4.39 Å². The Hall–Kier alpha value is -1.19. The molecule has 1 aromatic heterocycles. The van der Waals surface area contributed by atoms with E-state index in [0.29, 0.717) is 0 Å². The normalized spacial score (nSPS) is 12.6. The number of halogens is 1. The van der Waals surface area contributed by atoms with Crippen LogP contribution in [0, 0.1) is 5.82 Å². The molecule has 1 nitrogen and oxygen atoms in total. The van der Waals surface area contributed by atoms with E-state index in [2.05, 4.69) is 23.7 Å². The average Bonchev–Trinajstić information content (AvgIpc) is 2.84. The Bertz CT molecular complexity index is 507. The first kappa shape index (κ1) is 13.2. The number of aryl methyl sites for hydroxylation is 1. The van der Waals surface area contributed by atoms with Gasteiger partial charge in [0.25, 0.3) is 0 Å². The van der Waals surface area contributed by atoms with Gasteiger partial charge >= 0.3 is 0 Å². The summed E-state index contributed by atoms with van der Waals surface area (Å²) in [6.45, 7) is 2.17. The minimum Gasteiger partial charge on any atom is -0.312 e. The van der Waals surface area contributed by atoms with E-state index in [9.17, 15) is 4.39 Å². The molecule has 0 spiro atoms. The van der Waals surface area contributed by atoms with Crippen molar-refractivity contribution in [1.29, 1.82) is 0 Å². The fourth-order valence-electron chi connectivity index (χ4n) is 2.17. The van der Waals surface area contributed by atoms with Crippen LogP contribution in [0.15, 0.2) is 35.7 Å². The second-order valence-corrected chi connectivity index (χ2v) is 5.29. The van der Waals surface area contributed by atoms with Crippen molar-refractivity contribution in [2.45, 2.75) is 25.8 Å². The average molecular weight is 263 g/mol. The van der Waals surface area contributed by atoms with Crippen LogP contribution in [0.3, 0.4) is 0 Å². The molecule has 0 aliphatic rings. The summed E-state index contributed by atoms with van der Waals surface area (Å²) in [6, 6.07) is 9.29. The van der Waals surface area contributed by atoms with Gasteiger partial charge < -0.3 is 5.32 Å². The number of thiophene rings is 1. The number of nitrogens with one attached hydrogen (secondary N) is 1. The molecule has 1 N–H and O–H groups in total. The summed E-state index contributed by atoms with van der Waals surface area (Å²) in [7, 11) is 1.96. The topological polar surface area (TPSA) is 12.0 Å². The smallest absolute Gasteiger partial charge is 0.123 e. The second kappa shape index (κ2) is 6.12. The lowest BCUT2D eigenvalue weighted by Crippen LogP contribution is -2.18. The van der Waals surface area contributed by atoms with Crippen molar-refractivity contribution in [2.75, 3.05) is 7.05 Å². The third-order valence-corrected chi connectivity index (χ3v) is 4.23. The van der Waals surface area contributed by atoms with Crippen molar-refractivity contribution in [1.82, 2.24) is 5.32 Å². The maximum Gasteiger partial charge on any atom is 0.123 e. The minimum absolute atomic E-state index is 0.163. The maximum atomic E-state index is 13.2. The van der Waals surface area contributed by atoms with E-state index in [4.69, 9.17) is 0 Å². The highest BCUT2D eigenvalue weighted by atomic mass is 32.1. The van der Waals surface area contributed by atoms with Gasteiger partial charge in [-0.15, -0.1) is 11.3 Å². The van der Waals surface area contributed by atoms with Gasteiger partial charge in [-0.25, -0.2) is 4.39 Å². The number of rotatable bonds is 5. The Morgan fingerprint density at radius 2 is 2.17 bits per heavy atom. The summed E-state index contributed by atoms with van der Waals surface area (Å²) in [4.78, 5) is 1.37. The molecule has 0 amide bonds. The SMILES string of the molecule is CCc1ccsc1C(Cc1cccc(F)c1)NC. The first-order chi connectivity index (χ1) is 8.74. The highest BCUT2D eigenvalue weighted by Gasteiger charge is 2.15. The van der Waals surface area contributed by atoms with Gasteiger partial charge in [0.1, 0.15) is 5.82 Å². The highest BCUT2D eigenvalue weighted by molar-refractivity contribution is 7.10. The third kappa shape index (κ3) is 2.98. The number of hydrogen-bond acceptors (Lipinski definition) is 2. The van der Waals surface area contributed by atoms with Crippen molar-refractivity contribution in [3.05, 3.63) is 57.5 Å². The molecule has 2 aromatic rings. The Labute approximate surface area is 112 Å². The number of likely N-dealkylation sites (N-methyl/N-ethyl adjacent to an activating group) is 1. The fourth-order valence-corrected chi connectivity index (χ4v) is 3.28. The van der Waals surface area contributed by atoms with Crippen LogP contribution in [0.2, 0.25) is 0 Å². The molecule has 0 saturated carbocycles. The summed E-state index contributed by atoms with van der Waals surface area (Å²) in [5.74, 6) is -0.163. The summed E-state index contributed by atoms with van der Waals surface area (Å²) >= 11 is 1.77. The summed E-state index contributed by atoms with van der Waals surface area (Å²) in [5, 5.41) is 5.46. The quantitative estimate of drug-likeness (QED) is 0.861. The maximum absolute atomic E-state index is 13.2.